The molecule has 0 saturated carbocycles. The molecule has 0 aromatic heterocycles. The zero-order valence-electron chi connectivity index (χ0n) is 15.9. The van der Waals surface area contributed by atoms with Crippen molar-refractivity contribution in [1.82, 2.24) is 9.80 Å². The first-order valence-corrected chi connectivity index (χ1v) is 10.4. The topological polar surface area (TPSA) is 40.6 Å². The molecule has 2 amide bonds. The van der Waals surface area contributed by atoms with E-state index in [9.17, 15) is 9.59 Å². The number of carbonyl (C=O) groups excluding carboxylic acids is 2. The van der Waals surface area contributed by atoms with Crippen LogP contribution in [0.15, 0.2) is 83.3 Å². The lowest BCUT2D eigenvalue weighted by molar-refractivity contribution is 0.0535. The maximum atomic E-state index is 12.8. The van der Waals surface area contributed by atoms with E-state index in [0.717, 1.165) is 15.6 Å². The smallest absolute Gasteiger partial charge is 0.253 e. The summed E-state index contributed by atoms with van der Waals surface area (Å²) in [5.41, 5.74) is 3.57. The van der Waals surface area contributed by atoms with Gasteiger partial charge < -0.3 is 9.80 Å². The van der Waals surface area contributed by atoms with E-state index in [1.807, 2.05) is 76.5 Å². The molecule has 0 unspecified atom stereocenters. The van der Waals surface area contributed by atoms with E-state index in [1.54, 1.807) is 0 Å². The summed E-state index contributed by atoms with van der Waals surface area (Å²) in [5, 5.41) is 0. The third kappa shape index (κ3) is 4.40. The molecule has 1 aliphatic rings. The second-order valence-electron chi connectivity index (χ2n) is 7.03. The molecule has 1 fully saturated rings. The Balaban J connectivity index is 1.37. The van der Waals surface area contributed by atoms with Crippen molar-refractivity contribution in [1.29, 1.82) is 0 Å². The number of piperazine rings is 1. The van der Waals surface area contributed by atoms with Crippen LogP contribution in [-0.4, -0.2) is 47.8 Å². The molecule has 29 heavy (non-hydrogen) atoms. The fraction of sp³-hybridized carbons (Fsp3) is 0.167. The van der Waals surface area contributed by atoms with Crippen molar-refractivity contribution in [3.8, 4) is 11.1 Å². The molecule has 1 aliphatic heterocycles. The van der Waals surface area contributed by atoms with E-state index in [4.69, 9.17) is 0 Å². The molecule has 0 N–H and O–H groups in total. The Hall–Kier alpha value is -2.92. The quantitative estimate of drug-likeness (QED) is 0.581. The number of nitrogens with zero attached hydrogens (tertiary/aromatic N) is 2. The van der Waals surface area contributed by atoms with Gasteiger partial charge in [-0.2, -0.15) is 0 Å². The van der Waals surface area contributed by atoms with Crippen LogP contribution in [0.5, 0.6) is 0 Å². The molecule has 0 bridgehead atoms. The number of hydrogen-bond acceptors (Lipinski definition) is 2. The number of rotatable bonds is 3. The second kappa shape index (κ2) is 8.62. The summed E-state index contributed by atoms with van der Waals surface area (Å²) in [6.07, 6.45) is 0. The van der Waals surface area contributed by atoms with Crippen molar-refractivity contribution < 1.29 is 9.59 Å². The van der Waals surface area contributed by atoms with Crippen LogP contribution in [0.25, 0.3) is 11.1 Å². The standard InChI is InChI=1S/C24H21BrN2O2/c25-22-12-10-21(11-13-22)24(29)27-16-14-26(15-17-27)23(28)20-8-6-19(7-9-20)18-4-2-1-3-5-18/h1-13H,14-17H2. The van der Waals surface area contributed by atoms with Gasteiger partial charge in [0.25, 0.3) is 11.8 Å². The zero-order valence-corrected chi connectivity index (χ0v) is 17.5. The molecule has 3 aromatic carbocycles. The number of benzene rings is 3. The van der Waals surface area contributed by atoms with E-state index in [-0.39, 0.29) is 11.8 Å². The fourth-order valence-corrected chi connectivity index (χ4v) is 3.77. The third-order valence-corrected chi connectivity index (χ3v) is 5.71. The summed E-state index contributed by atoms with van der Waals surface area (Å²) in [5.74, 6) is 0.0252. The summed E-state index contributed by atoms with van der Waals surface area (Å²) in [4.78, 5) is 29.1. The monoisotopic (exact) mass is 448 g/mol. The highest BCUT2D eigenvalue weighted by molar-refractivity contribution is 9.10. The first-order chi connectivity index (χ1) is 14.1. The molecule has 146 valence electrons. The summed E-state index contributed by atoms with van der Waals surface area (Å²) >= 11 is 3.39. The molecule has 4 rings (SSSR count). The molecule has 1 heterocycles. The highest BCUT2D eigenvalue weighted by Crippen LogP contribution is 2.20. The maximum absolute atomic E-state index is 12.8. The van der Waals surface area contributed by atoms with Crippen molar-refractivity contribution in [2.24, 2.45) is 0 Å². The van der Waals surface area contributed by atoms with Crippen molar-refractivity contribution >= 4 is 27.7 Å². The normalized spacial score (nSPS) is 14.0. The van der Waals surface area contributed by atoms with Gasteiger partial charge in [0.2, 0.25) is 0 Å². The predicted molar refractivity (Wildman–Crippen MR) is 118 cm³/mol. The zero-order chi connectivity index (χ0) is 20.2. The largest absolute Gasteiger partial charge is 0.335 e. The number of carbonyl (C=O) groups is 2. The molecule has 0 spiro atoms. The number of amides is 2. The van der Waals surface area contributed by atoms with Crippen LogP contribution in [0.1, 0.15) is 20.7 Å². The van der Waals surface area contributed by atoms with Gasteiger partial charge in [-0.1, -0.05) is 58.4 Å². The average molecular weight is 449 g/mol. The van der Waals surface area contributed by atoms with Gasteiger partial charge in [-0.05, 0) is 47.5 Å². The maximum Gasteiger partial charge on any atom is 0.253 e. The van der Waals surface area contributed by atoms with Gasteiger partial charge in [-0.3, -0.25) is 9.59 Å². The SMILES string of the molecule is O=C(c1ccc(Br)cc1)N1CCN(C(=O)c2ccc(-c3ccccc3)cc2)CC1. The van der Waals surface area contributed by atoms with Crippen LogP contribution in [-0.2, 0) is 0 Å². The molecule has 0 aliphatic carbocycles. The lowest BCUT2D eigenvalue weighted by Gasteiger charge is -2.35. The Kier molecular flexibility index (Phi) is 5.76. The minimum Gasteiger partial charge on any atom is -0.335 e. The van der Waals surface area contributed by atoms with Crippen LogP contribution in [0, 0.1) is 0 Å². The van der Waals surface area contributed by atoms with E-state index in [2.05, 4.69) is 28.1 Å². The van der Waals surface area contributed by atoms with E-state index >= 15 is 0 Å². The van der Waals surface area contributed by atoms with Crippen molar-refractivity contribution in [3.63, 3.8) is 0 Å². The predicted octanol–water partition coefficient (Wildman–Crippen LogP) is 4.71. The molecule has 5 heteroatoms. The van der Waals surface area contributed by atoms with Gasteiger partial charge >= 0.3 is 0 Å². The summed E-state index contributed by atoms with van der Waals surface area (Å²) in [7, 11) is 0. The first kappa shape index (κ1) is 19.4. The lowest BCUT2D eigenvalue weighted by atomic mass is 10.0. The van der Waals surface area contributed by atoms with E-state index in [1.165, 1.54) is 0 Å². The summed E-state index contributed by atoms with van der Waals surface area (Å²) in [6.45, 7) is 2.18. The Bertz CT molecular complexity index is 993. The van der Waals surface area contributed by atoms with Crippen LogP contribution < -0.4 is 0 Å². The average Bonchev–Trinajstić information content (AvgIpc) is 2.79. The van der Waals surface area contributed by atoms with Crippen molar-refractivity contribution in [2.75, 3.05) is 26.2 Å². The minimum absolute atomic E-state index is 0.0109. The van der Waals surface area contributed by atoms with E-state index < -0.39 is 0 Å². The molecular formula is C24H21BrN2O2. The lowest BCUT2D eigenvalue weighted by Crippen LogP contribution is -2.50. The molecule has 0 atom stereocenters. The summed E-state index contributed by atoms with van der Waals surface area (Å²) < 4.78 is 0.947. The Labute approximate surface area is 178 Å². The van der Waals surface area contributed by atoms with Gasteiger partial charge in [0, 0.05) is 41.8 Å². The first-order valence-electron chi connectivity index (χ1n) is 9.61. The molecule has 0 radical (unpaired) electrons. The highest BCUT2D eigenvalue weighted by atomic mass is 79.9. The van der Waals surface area contributed by atoms with Gasteiger partial charge in [-0.25, -0.2) is 0 Å². The minimum atomic E-state index is 0.0109. The van der Waals surface area contributed by atoms with Gasteiger partial charge in [0.1, 0.15) is 0 Å². The Morgan fingerprint density at radius 2 is 1.00 bits per heavy atom. The van der Waals surface area contributed by atoms with Crippen LogP contribution in [0.3, 0.4) is 0 Å². The highest BCUT2D eigenvalue weighted by Gasteiger charge is 2.25. The molecule has 3 aromatic rings. The van der Waals surface area contributed by atoms with Crippen LogP contribution in [0.4, 0.5) is 0 Å². The summed E-state index contributed by atoms with van der Waals surface area (Å²) in [6, 6.07) is 25.2. The Morgan fingerprint density at radius 3 is 1.48 bits per heavy atom. The van der Waals surface area contributed by atoms with Crippen LogP contribution in [0.2, 0.25) is 0 Å². The number of halogens is 1. The molecule has 1 saturated heterocycles. The number of hydrogen-bond donors (Lipinski definition) is 0. The van der Waals surface area contributed by atoms with Crippen LogP contribution >= 0.6 is 15.9 Å². The molecule has 4 nitrogen and oxygen atoms in total. The van der Waals surface area contributed by atoms with Gasteiger partial charge in [-0.15, -0.1) is 0 Å². The van der Waals surface area contributed by atoms with Crippen molar-refractivity contribution in [3.05, 3.63) is 94.5 Å². The van der Waals surface area contributed by atoms with Crippen molar-refractivity contribution in [2.45, 2.75) is 0 Å². The third-order valence-electron chi connectivity index (χ3n) is 5.18. The second-order valence-corrected chi connectivity index (χ2v) is 7.95. The van der Waals surface area contributed by atoms with Gasteiger partial charge in [0.05, 0.1) is 0 Å². The molecular weight excluding hydrogens is 428 g/mol. The van der Waals surface area contributed by atoms with E-state index in [0.29, 0.717) is 37.3 Å². The van der Waals surface area contributed by atoms with Gasteiger partial charge in [0.15, 0.2) is 0 Å². The Morgan fingerprint density at radius 1 is 0.586 bits per heavy atom. The fourth-order valence-electron chi connectivity index (χ4n) is 3.51.